The maximum absolute atomic E-state index is 10.6. The first-order valence-electron chi connectivity index (χ1n) is 5.74. The number of phenolic OH excluding ortho intramolecular Hbond substituents is 1. The highest BCUT2D eigenvalue weighted by molar-refractivity contribution is 5.75. The van der Waals surface area contributed by atoms with E-state index in [0.717, 1.165) is 0 Å². The highest BCUT2D eigenvalue weighted by Gasteiger charge is 2.05. The summed E-state index contributed by atoms with van der Waals surface area (Å²) in [5.74, 6) is -1.89. The number of phenols is 1. The van der Waals surface area contributed by atoms with E-state index in [4.69, 9.17) is 10.2 Å². The Bertz CT molecular complexity index is 486. The molecule has 2 N–H and O–H groups in total. The molecule has 10 heteroatoms. The summed E-state index contributed by atoms with van der Waals surface area (Å²) in [5, 5.41) is 26.8. The average molecular weight is 317 g/mol. The Morgan fingerprint density at radius 2 is 1.82 bits per heavy atom. The smallest absolute Gasteiger partial charge is 0.341 e. The molecule has 0 aliphatic rings. The van der Waals surface area contributed by atoms with Gasteiger partial charge in [-0.05, 0) is 12.1 Å². The third-order valence-corrected chi connectivity index (χ3v) is 1.84. The number of nitrogens with zero attached hydrogens (tertiary/aromatic N) is 1. The first-order valence-corrected chi connectivity index (χ1v) is 5.74. The van der Waals surface area contributed by atoms with Crippen LogP contribution in [0.3, 0.4) is 0 Å². The largest absolute Gasteiger partial charge is 0.508 e. The molecule has 0 aliphatic heterocycles. The summed E-state index contributed by atoms with van der Waals surface area (Å²) >= 11 is 0. The summed E-state index contributed by atoms with van der Waals surface area (Å²) in [6.07, 6.45) is 0. The summed E-state index contributed by atoms with van der Waals surface area (Å²) in [7, 11) is 1.41. The summed E-state index contributed by atoms with van der Waals surface area (Å²) < 4.78 is 13.3. The number of non-ortho nitro benzene ring substituents is 1. The predicted octanol–water partition coefficient (Wildman–Crippen LogP) is 0.535. The van der Waals surface area contributed by atoms with E-state index in [1.54, 1.807) is 0 Å². The van der Waals surface area contributed by atoms with Crippen molar-refractivity contribution < 1.29 is 38.9 Å². The van der Waals surface area contributed by atoms with Crippen molar-refractivity contribution in [3.8, 4) is 5.75 Å². The molecule has 0 saturated heterocycles. The monoisotopic (exact) mass is 317 g/mol. The van der Waals surface area contributed by atoms with Gasteiger partial charge in [0.25, 0.3) is 5.69 Å². The van der Waals surface area contributed by atoms with Gasteiger partial charge in [0.15, 0.2) is 6.61 Å². The van der Waals surface area contributed by atoms with Crippen molar-refractivity contribution in [3.63, 3.8) is 0 Å². The molecule has 1 rings (SSSR count). The number of hydrogen-bond acceptors (Lipinski definition) is 8. The highest BCUT2D eigenvalue weighted by atomic mass is 16.7. The van der Waals surface area contributed by atoms with E-state index in [2.05, 4.69) is 14.2 Å². The molecular formula is C12H15NO9. The maximum Gasteiger partial charge on any atom is 0.341 e. The molecule has 0 heterocycles. The fourth-order valence-corrected chi connectivity index (χ4v) is 0.967. The Morgan fingerprint density at radius 1 is 1.23 bits per heavy atom. The van der Waals surface area contributed by atoms with Crippen LogP contribution in [0.2, 0.25) is 0 Å². The maximum atomic E-state index is 10.6. The number of nitro groups is 1. The van der Waals surface area contributed by atoms with Crippen molar-refractivity contribution in [2.24, 2.45) is 0 Å². The molecule has 0 radical (unpaired) electrons. The van der Waals surface area contributed by atoms with Gasteiger partial charge >= 0.3 is 11.9 Å². The summed E-state index contributed by atoms with van der Waals surface area (Å²) in [6.45, 7) is -0.974. The average Bonchev–Trinajstić information content (AvgIpc) is 2.46. The zero-order valence-corrected chi connectivity index (χ0v) is 11.6. The van der Waals surface area contributed by atoms with Gasteiger partial charge in [0, 0.05) is 19.2 Å². The van der Waals surface area contributed by atoms with Crippen LogP contribution in [0, 0.1) is 10.1 Å². The number of carboxylic acid groups (broad SMARTS) is 1. The van der Waals surface area contributed by atoms with Crippen LogP contribution in [0.15, 0.2) is 24.3 Å². The Balaban J connectivity index is 0.000000406. The Kier molecular flexibility index (Phi) is 9.64. The summed E-state index contributed by atoms with van der Waals surface area (Å²) in [5.41, 5.74) is -0.0159. The number of carboxylic acids is 1. The standard InChI is InChI=1S/C6H5NO3.C6H10O6/c8-6-3-1-5(2-4-6)7(9)10;1-10-4-11-3-6(9)12-2-5(7)8/h1-4,8H;2-4H2,1H3,(H,7,8). The molecule has 0 fully saturated rings. The number of carbonyl (C=O) groups excluding carboxylic acids is 1. The number of hydrogen-bond donors (Lipinski definition) is 2. The van der Waals surface area contributed by atoms with E-state index < -0.39 is 23.5 Å². The number of nitro benzene ring substituents is 1. The minimum atomic E-state index is -1.20. The van der Waals surface area contributed by atoms with Gasteiger partial charge in [-0.3, -0.25) is 10.1 Å². The number of esters is 1. The number of benzene rings is 1. The van der Waals surface area contributed by atoms with Crippen LogP contribution < -0.4 is 0 Å². The van der Waals surface area contributed by atoms with Crippen LogP contribution >= 0.6 is 0 Å². The van der Waals surface area contributed by atoms with Gasteiger partial charge in [0.2, 0.25) is 0 Å². The van der Waals surface area contributed by atoms with Gasteiger partial charge in [-0.15, -0.1) is 0 Å². The predicted molar refractivity (Wildman–Crippen MR) is 71.2 cm³/mol. The van der Waals surface area contributed by atoms with Crippen molar-refractivity contribution >= 4 is 17.6 Å². The van der Waals surface area contributed by atoms with Crippen molar-refractivity contribution in [1.29, 1.82) is 0 Å². The molecule has 0 unspecified atom stereocenters. The van der Waals surface area contributed by atoms with E-state index in [9.17, 15) is 19.7 Å². The lowest BCUT2D eigenvalue weighted by atomic mass is 10.3. The van der Waals surface area contributed by atoms with Gasteiger partial charge in [-0.25, -0.2) is 9.59 Å². The van der Waals surface area contributed by atoms with Gasteiger partial charge in [-0.1, -0.05) is 0 Å². The number of aromatic hydroxyl groups is 1. The van der Waals surface area contributed by atoms with Gasteiger partial charge in [0.1, 0.15) is 19.1 Å². The zero-order valence-electron chi connectivity index (χ0n) is 11.6. The second kappa shape index (κ2) is 11.0. The van der Waals surface area contributed by atoms with Crippen LogP contribution in [0.1, 0.15) is 0 Å². The summed E-state index contributed by atoms with van der Waals surface area (Å²) in [6, 6.07) is 5.04. The molecule has 10 nitrogen and oxygen atoms in total. The van der Waals surface area contributed by atoms with Crippen LogP contribution in [0.25, 0.3) is 0 Å². The normalized spacial score (nSPS) is 9.32. The Hall–Kier alpha value is -2.72. The molecule has 22 heavy (non-hydrogen) atoms. The van der Waals surface area contributed by atoms with Crippen LogP contribution in [0.4, 0.5) is 5.69 Å². The first kappa shape index (κ1) is 19.3. The highest BCUT2D eigenvalue weighted by Crippen LogP contribution is 2.14. The molecule has 0 spiro atoms. The molecule has 1 aromatic rings. The fraction of sp³-hybridized carbons (Fsp3) is 0.333. The third-order valence-electron chi connectivity index (χ3n) is 1.84. The molecule has 0 amide bonds. The van der Waals surface area contributed by atoms with Crippen molar-refractivity contribution in [1.82, 2.24) is 0 Å². The van der Waals surface area contributed by atoms with Gasteiger partial charge < -0.3 is 24.4 Å². The zero-order chi connectivity index (χ0) is 17.0. The van der Waals surface area contributed by atoms with Crippen LogP contribution in [-0.2, 0) is 23.8 Å². The quantitative estimate of drug-likeness (QED) is 0.242. The Morgan fingerprint density at radius 3 is 2.27 bits per heavy atom. The van der Waals surface area contributed by atoms with Crippen LogP contribution in [0.5, 0.6) is 5.75 Å². The van der Waals surface area contributed by atoms with Crippen molar-refractivity contribution in [2.75, 3.05) is 27.1 Å². The second-order valence-corrected chi connectivity index (χ2v) is 3.58. The molecule has 0 atom stereocenters. The molecule has 0 aromatic heterocycles. The molecule has 0 bridgehead atoms. The molecule has 1 aromatic carbocycles. The lowest BCUT2D eigenvalue weighted by Gasteiger charge is -2.01. The molecule has 0 saturated carbocycles. The minimum absolute atomic E-state index is 0.0159. The van der Waals surface area contributed by atoms with Gasteiger partial charge in [0.05, 0.1) is 4.92 Å². The van der Waals surface area contributed by atoms with E-state index in [-0.39, 0.29) is 24.8 Å². The topological polar surface area (TPSA) is 145 Å². The number of rotatable bonds is 7. The molecule has 0 aliphatic carbocycles. The number of aliphatic carboxylic acids is 1. The lowest BCUT2D eigenvalue weighted by molar-refractivity contribution is -0.384. The lowest BCUT2D eigenvalue weighted by Crippen LogP contribution is -2.18. The van der Waals surface area contributed by atoms with Gasteiger partial charge in [-0.2, -0.15) is 0 Å². The van der Waals surface area contributed by atoms with E-state index in [0.29, 0.717) is 0 Å². The number of carbonyl (C=O) groups is 2. The van der Waals surface area contributed by atoms with Crippen LogP contribution in [-0.4, -0.2) is 54.2 Å². The van der Waals surface area contributed by atoms with E-state index in [1.165, 1.54) is 31.4 Å². The van der Waals surface area contributed by atoms with Crippen molar-refractivity contribution in [2.45, 2.75) is 0 Å². The fourth-order valence-electron chi connectivity index (χ4n) is 0.967. The number of methoxy groups -OCH3 is 1. The molecular weight excluding hydrogens is 302 g/mol. The van der Waals surface area contributed by atoms with E-state index >= 15 is 0 Å². The first-order chi connectivity index (χ1) is 10.4. The Labute approximate surface area is 125 Å². The summed E-state index contributed by atoms with van der Waals surface area (Å²) in [4.78, 5) is 30.0. The SMILES string of the molecule is COCOCC(=O)OCC(=O)O.O=[N+]([O-])c1ccc(O)cc1. The molecule has 122 valence electrons. The van der Waals surface area contributed by atoms with E-state index in [1.807, 2.05) is 0 Å². The second-order valence-electron chi connectivity index (χ2n) is 3.58. The minimum Gasteiger partial charge on any atom is -0.508 e. The number of ether oxygens (including phenoxy) is 3. The van der Waals surface area contributed by atoms with Crippen molar-refractivity contribution in [3.05, 3.63) is 34.4 Å². The third kappa shape index (κ3) is 10.1.